The van der Waals surface area contributed by atoms with Gasteiger partial charge in [-0.05, 0) is 57.4 Å². The summed E-state index contributed by atoms with van der Waals surface area (Å²) in [7, 11) is 1.49. The molecular weight excluding hydrogens is 532 g/mol. The fourth-order valence-corrected chi connectivity index (χ4v) is 3.69. The number of imide groups is 2. The zero-order chi connectivity index (χ0) is 22.5. The van der Waals surface area contributed by atoms with Crippen LogP contribution in [0.4, 0.5) is 4.79 Å². The molecule has 1 N–H and O–H groups in total. The molecule has 0 aromatic heterocycles. The molecule has 3 rings (SSSR count). The van der Waals surface area contributed by atoms with Crippen LogP contribution in [0, 0.1) is 0 Å². The fourth-order valence-electron chi connectivity index (χ4n) is 2.85. The normalized spacial score (nSPS) is 15.1. The first-order valence-electron chi connectivity index (χ1n) is 9.08. The van der Waals surface area contributed by atoms with E-state index in [-0.39, 0.29) is 12.1 Å². The zero-order valence-corrected chi connectivity index (χ0v) is 19.7. The molecule has 7 nitrogen and oxygen atoms in total. The van der Waals surface area contributed by atoms with Crippen LogP contribution in [0.5, 0.6) is 11.5 Å². The summed E-state index contributed by atoms with van der Waals surface area (Å²) < 4.78 is 12.9. The minimum absolute atomic E-state index is 0.00879. The van der Waals surface area contributed by atoms with Gasteiger partial charge in [-0.25, -0.2) is 4.79 Å². The molecule has 0 bridgehead atoms. The number of carbonyl (C=O) groups is 3. The first-order valence-corrected chi connectivity index (χ1v) is 10.7. The highest BCUT2D eigenvalue weighted by molar-refractivity contribution is 9.10. The van der Waals surface area contributed by atoms with Crippen molar-refractivity contribution in [3.05, 3.63) is 74.7 Å². The van der Waals surface area contributed by atoms with Crippen LogP contribution in [-0.2, 0) is 16.2 Å². The quantitative estimate of drug-likeness (QED) is 0.313. The second kappa shape index (κ2) is 9.93. The summed E-state index contributed by atoms with van der Waals surface area (Å²) in [5, 5.41) is 2.15. The lowest BCUT2D eigenvalue weighted by Gasteiger charge is -2.25. The molecule has 160 valence electrons. The van der Waals surface area contributed by atoms with E-state index in [4.69, 9.17) is 9.47 Å². The van der Waals surface area contributed by atoms with E-state index in [0.29, 0.717) is 28.1 Å². The molecule has 0 aliphatic carbocycles. The second-order valence-corrected chi connectivity index (χ2v) is 8.24. The maximum Gasteiger partial charge on any atom is 0.331 e. The minimum atomic E-state index is -0.775. The van der Waals surface area contributed by atoms with Crippen molar-refractivity contribution in [1.29, 1.82) is 0 Å². The molecule has 9 heteroatoms. The highest BCUT2D eigenvalue weighted by Crippen LogP contribution is 2.38. The summed E-state index contributed by atoms with van der Waals surface area (Å²) >= 11 is 6.86. The first-order chi connectivity index (χ1) is 14.8. The summed E-state index contributed by atoms with van der Waals surface area (Å²) in [6.45, 7) is 3.83. The SMILES string of the molecule is C=CCN1C(=O)NC(=O)/C(=C/c2cc(Br)c(OCc3ccc(Br)cc3)c(OC)c2)C1=O. The van der Waals surface area contributed by atoms with E-state index in [9.17, 15) is 14.4 Å². The number of halogens is 2. The van der Waals surface area contributed by atoms with Gasteiger partial charge in [-0.2, -0.15) is 0 Å². The lowest BCUT2D eigenvalue weighted by molar-refractivity contribution is -0.129. The van der Waals surface area contributed by atoms with Crippen molar-refractivity contribution >= 4 is 55.8 Å². The molecule has 1 aliphatic heterocycles. The number of ether oxygens (including phenoxy) is 2. The molecule has 0 saturated carbocycles. The number of barbiturate groups is 1. The number of amides is 4. The van der Waals surface area contributed by atoms with Crippen LogP contribution in [0.25, 0.3) is 6.08 Å². The van der Waals surface area contributed by atoms with Crippen LogP contribution in [0.3, 0.4) is 0 Å². The van der Waals surface area contributed by atoms with Gasteiger partial charge in [-0.3, -0.25) is 19.8 Å². The number of hydrogen-bond acceptors (Lipinski definition) is 5. The molecule has 1 fully saturated rings. The van der Waals surface area contributed by atoms with Gasteiger partial charge >= 0.3 is 6.03 Å². The molecule has 0 spiro atoms. The van der Waals surface area contributed by atoms with Gasteiger partial charge in [0.15, 0.2) is 11.5 Å². The third-order valence-electron chi connectivity index (χ3n) is 4.36. The molecule has 2 aromatic rings. The maximum atomic E-state index is 12.6. The van der Waals surface area contributed by atoms with Crippen molar-refractivity contribution in [3.8, 4) is 11.5 Å². The monoisotopic (exact) mass is 548 g/mol. The Bertz CT molecular complexity index is 1080. The van der Waals surface area contributed by atoms with Crippen molar-refractivity contribution < 1.29 is 23.9 Å². The number of urea groups is 1. The average molecular weight is 550 g/mol. The minimum Gasteiger partial charge on any atom is -0.493 e. The summed E-state index contributed by atoms with van der Waals surface area (Å²) in [5.41, 5.74) is 1.32. The third-order valence-corrected chi connectivity index (χ3v) is 5.47. The topological polar surface area (TPSA) is 84.9 Å². The molecule has 31 heavy (non-hydrogen) atoms. The van der Waals surface area contributed by atoms with E-state index < -0.39 is 17.8 Å². The van der Waals surface area contributed by atoms with Crippen molar-refractivity contribution in [1.82, 2.24) is 10.2 Å². The van der Waals surface area contributed by atoms with Gasteiger partial charge < -0.3 is 9.47 Å². The third kappa shape index (κ3) is 5.23. The largest absolute Gasteiger partial charge is 0.493 e. The van der Waals surface area contributed by atoms with Crippen LogP contribution < -0.4 is 14.8 Å². The maximum absolute atomic E-state index is 12.6. The Hall–Kier alpha value is -2.91. The van der Waals surface area contributed by atoms with Gasteiger partial charge in [0, 0.05) is 11.0 Å². The number of hydrogen-bond donors (Lipinski definition) is 1. The van der Waals surface area contributed by atoms with Crippen molar-refractivity contribution in [2.45, 2.75) is 6.61 Å². The Labute approximate surface area is 196 Å². The molecule has 4 amide bonds. The Morgan fingerprint density at radius 2 is 1.84 bits per heavy atom. The predicted molar refractivity (Wildman–Crippen MR) is 123 cm³/mol. The van der Waals surface area contributed by atoms with Crippen molar-refractivity contribution in [3.63, 3.8) is 0 Å². The number of methoxy groups -OCH3 is 1. The summed E-state index contributed by atoms with van der Waals surface area (Å²) in [5.74, 6) is -0.559. The fraction of sp³-hybridized carbons (Fsp3) is 0.136. The van der Waals surface area contributed by atoms with Gasteiger partial charge in [-0.1, -0.05) is 34.1 Å². The van der Waals surface area contributed by atoms with Crippen LogP contribution in [0.2, 0.25) is 0 Å². The van der Waals surface area contributed by atoms with Gasteiger partial charge in [-0.15, -0.1) is 6.58 Å². The molecule has 2 aromatic carbocycles. The van der Waals surface area contributed by atoms with Crippen LogP contribution in [-0.4, -0.2) is 36.4 Å². The Morgan fingerprint density at radius 1 is 1.13 bits per heavy atom. The number of carbonyl (C=O) groups excluding carboxylic acids is 3. The highest BCUT2D eigenvalue weighted by Gasteiger charge is 2.35. The van der Waals surface area contributed by atoms with E-state index >= 15 is 0 Å². The molecule has 1 aliphatic rings. The smallest absolute Gasteiger partial charge is 0.331 e. The van der Waals surface area contributed by atoms with E-state index in [1.807, 2.05) is 24.3 Å². The Balaban J connectivity index is 1.88. The van der Waals surface area contributed by atoms with Crippen LogP contribution in [0.15, 0.2) is 63.6 Å². The summed E-state index contributed by atoms with van der Waals surface area (Å²) in [4.78, 5) is 37.6. The summed E-state index contributed by atoms with van der Waals surface area (Å²) in [6.07, 6.45) is 2.80. The van der Waals surface area contributed by atoms with Crippen LogP contribution in [0.1, 0.15) is 11.1 Å². The van der Waals surface area contributed by atoms with Gasteiger partial charge in [0.1, 0.15) is 12.2 Å². The van der Waals surface area contributed by atoms with Gasteiger partial charge in [0.05, 0.1) is 11.6 Å². The lowest BCUT2D eigenvalue weighted by Crippen LogP contribution is -2.54. The van der Waals surface area contributed by atoms with Crippen molar-refractivity contribution in [2.75, 3.05) is 13.7 Å². The number of nitrogens with one attached hydrogen (secondary N) is 1. The van der Waals surface area contributed by atoms with Crippen LogP contribution >= 0.6 is 31.9 Å². The number of benzene rings is 2. The number of rotatable bonds is 7. The molecule has 0 radical (unpaired) electrons. The Kier molecular flexibility index (Phi) is 7.29. The lowest BCUT2D eigenvalue weighted by atomic mass is 10.1. The first kappa shape index (κ1) is 22.8. The molecular formula is C22H18Br2N2O5. The summed E-state index contributed by atoms with van der Waals surface area (Å²) in [6, 6.07) is 10.3. The van der Waals surface area contributed by atoms with Crippen molar-refractivity contribution in [2.24, 2.45) is 0 Å². The standard InChI is InChI=1S/C22H18Br2N2O5/c1-3-8-26-21(28)16(20(27)25-22(26)29)9-14-10-17(24)19(18(11-14)30-2)31-12-13-4-6-15(23)7-5-13/h3-7,9-11H,1,8,12H2,2H3,(H,25,27,29)/b16-9-. The predicted octanol–water partition coefficient (Wildman–Crippen LogP) is 4.45. The number of nitrogens with zero attached hydrogens (tertiary/aromatic N) is 1. The molecule has 1 heterocycles. The Morgan fingerprint density at radius 3 is 2.48 bits per heavy atom. The highest BCUT2D eigenvalue weighted by atomic mass is 79.9. The van der Waals surface area contributed by atoms with E-state index in [1.165, 1.54) is 19.3 Å². The van der Waals surface area contributed by atoms with Gasteiger partial charge in [0.2, 0.25) is 0 Å². The average Bonchev–Trinajstić information content (AvgIpc) is 2.74. The molecule has 1 saturated heterocycles. The van der Waals surface area contributed by atoms with Gasteiger partial charge in [0.25, 0.3) is 11.8 Å². The molecule has 0 unspecified atom stereocenters. The molecule has 0 atom stereocenters. The zero-order valence-electron chi connectivity index (χ0n) is 16.5. The van der Waals surface area contributed by atoms with E-state index in [0.717, 1.165) is 14.9 Å². The van der Waals surface area contributed by atoms with E-state index in [1.54, 1.807) is 12.1 Å². The second-order valence-electron chi connectivity index (χ2n) is 6.47. The van der Waals surface area contributed by atoms with E-state index in [2.05, 4.69) is 43.8 Å².